The maximum atomic E-state index is 13.6. The molecule has 2 aromatic rings. The lowest BCUT2D eigenvalue weighted by Gasteiger charge is -2.36. The first-order chi connectivity index (χ1) is 13.0. The normalized spacial score (nSPS) is 14.8. The first-order valence-corrected chi connectivity index (χ1v) is 8.79. The Labute approximate surface area is 156 Å². The molecule has 1 N–H and O–H groups in total. The minimum absolute atomic E-state index is 0.0560. The van der Waals surface area contributed by atoms with Crippen molar-refractivity contribution < 1.29 is 14.1 Å². The van der Waals surface area contributed by atoms with Crippen LogP contribution >= 0.6 is 0 Å². The summed E-state index contributed by atoms with van der Waals surface area (Å²) < 4.78 is 13.6. The first-order valence-electron chi connectivity index (χ1n) is 8.79. The number of nitrogens with zero attached hydrogens (tertiary/aromatic N) is 3. The Morgan fingerprint density at radius 3 is 2.37 bits per heavy atom. The van der Waals surface area contributed by atoms with Crippen molar-refractivity contribution in [2.45, 2.75) is 0 Å². The average molecular weight is 372 g/mol. The second kappa shape index (κ2) is 8.59. The van der Waals surface area contributed by atoms with Gasteiger partial charge in [0.15, 0.2) is 0 Å². The summed E-state index contributed by atoms with van der Waals surface area (Å²) >= 11 is 0. The maximum absolute atomic E-state index is 13.6. The summed E-state index contributed by atoms with van der Waals surface area (Å²) in [6, 6.07) is 12.5. The molecule has 0 bridgehead atoms. The van der Waals surface area contributed by atoms with E-state index in [4.69, 9.17) is 0 Å². The number of carbonyl (C=O) groups is 1. The Kier molecular flexibility index (Phi) is 5.97. The quantitative estimate of drug-likeness (QED) is 0.622. The highest BCUT2D eigenvalue weighted by Crippen LogP contribution is 2.20. The Morgan fingerprint density at radius 1 is 1.07 bits per heavy atom. The van der Waals surface area contributed by atoms with Gasteiger partial charge in [0, 0.05) is 57.1 Å². The summed E-state index contributed by atoms with van der Waals surface area (Å²) in [5.41, 5.74) is 1.11. The fourth-order valence-corrected chi connectivity index (χ4v) is 3.08. The number of anilines is 1. The fraction of sp³-hybridized carbons (Fsp3) is 0.316. The van der Waals surface area contributed by atoms with E-state index in [-0.39, 0.29) is 11.3 Å². The number of non-ortho nitro benzene ring substituents is 1. The predicted octanol–water partition coefficient (Wildman–Crippen LogP) is 2.29. The molecule has 0 radical (unpaired) electrons. The zero-order chi connectivity index (χ0) is 19.2. The molecule has 2 aromatic carbocycles. The number of nitro benzene ring substituents is 1. The molecule has 7 nitrogen and oxygen atoms in total. The SMILES string of the molecule is O=C(NCCN1CCN(c2ccc([N+](=O)[O-])cc2)CC1)c1ccccc1F. The third kappa shape index (κ3) is 4.79. The number of benzene rings is 2. The molecule has 1 heterocycles. The van der Waals surface area contributed by atoms with Crippen LogP contribution in [-0.2, 0) is 0 Å². The van der Waals surface area contributed by atoms with Crippen LogP contribution in [0.2, 0.25) is 0 Å². The summed E-state index contributed by atoms with van der Waals surface area (Å²) in [7, 11) is 0. The van der Waals surface area contributed by atoms with Crippen LogP contribution in [0.4, 0.5) is 15.8 Å². The van der Waals surface area contributed by atoms with Gasteiger partial charge in [0.05, 0.1) is 10.5 Å². The van der Waals surface area contributed by atoms with Gasteiger partial charge in [-0.3, -0.25) is 19.8 Å². The second-order valence-electron chi connectivity index (χ2n) is 6.34. The number of piperazine rings is 1. The number of hydrogen-bond acceptors (Lipinski definition) is 5. The van der Waals surface area contributed by atoms with Gasteiger partial charge in [0.1, 0.15) is 5.82 Å². The van der Waals surface area contributed by atoms with Crippen molar-refractivity contribution in [3.05, 3.63) is 70.0 Å². The predicted molar refractivity (Wildman–Crippen MR) is 100 cm³/mol. The highest BCUT2D eigenvalue weighted by Gasteiger charge is 2.18. The molecule has 1 aliphatic rings. The van der Waals surface area contributed by atoms with E-state index in [9.17, 15) is 19.3 Å². The zero-order valence-corrected chi connectivity index (χ0v) is 14.8. The highest BCUT2D eigenvalue weighted by atomic mass is 19.1. The van der Waals surface area contributed by atoms with E-state index >= 15 is 0 Å². The average Bonchev–Trinajstić information content (AvgIpc) is 2.69. The highest BCUT2D eigenvalue weighted by molar-refractivity contribution is 5.94. The molecule has 27 heavy (non-hydrogen) atoms. The lowest BCUT2D eigenvalue weighted by atomic mass is 10.2. The topological polar surface area (TPSA) is 78.7 Å². The van der Waals surface area contributed by atoms with Crippen LogP contribution in [0.3, 0.4) is 0 Å². The van der Waals surface area contributed by atoms with Crippen LogP contribution in [0.15, 0.2) is 48.5 Å². The fourth-order valence-electron chi connectivity index (χ4n) is 3.08. The Balaban J connectivity index is 1.42. The molecule has 0 atom stereocenters. The summed E-state index contributed by atoms with van der Waals surface area (Å²) in [6.07, 6.45) is 0. The van der Waals surface area contributed by atoms with E-state index in [0.717, 1.165) is 31.9 Å². The first kappa shape index (κ1) is 18.8. The third-order valence-electron chi connectivity index (χ3n) is 4.63. The number of hydrogen-bond donors (Lipinski definition) is 1. The van der Waals surface area contributed by atoms with Crippen LogP contribution < -0.4 is 10.2 Å². The van der Waals surface area contributed by atoms with Gasteiger partial charge in [-0.25, -0.2) is 4.39 Å². The number of nitrogens with one attached hydrogen (secondary N) is 1. The molecule has 0 unspecified atom stereocenters. The molecule has 1 saturated heterocycles. The van der Waals surface area contributed by atoms with E-state index in [1.807, 2.05) is 0 Å². The Bertz CT molecular complexity index is 805. The van der Waals surface area contributed by atoms with E-state index in [1.165, 1.54) is 24.3 Å². The number of rotatable bonds is 6. The largest absolute Gasteiger partial charge is 0.369 e. The monoisotopic (exact) mass is 372 g/mol. The van der Waals surface area contributed by atoms with Crippen LogP contribution in [0, 0.1) is 15.9 Å². The van der Waals surface area contributed by atoms with Gasteiger partial charge in [0.25, 0.3) is 11.6 Å². The smallest absolute Gasteiger partial charge is 0.269 e. The van der Waals surface area contributed by atoms with E-state index in [0.29, 0.717) is 13.1 Å². The molecule has 1 fully saturated rings. The molecule has 0 saturated carbocycles. The number of carbonyl (C=O) groups excluding carboxylic acids is 1. The zero-order valence-electron chi connectivity index (χ0n) is 14.8. The van der Waals surface area contributed by atoms with E-state index < -0.39 is 16.6 Å². The van der Waals surface area contributed by atoms with Crippen molar-refractivity contribution in [1.29, 1.82) is 0 Å². The summed E-state index contributed by atoms with van der Waals surface area (Å²) in [5, 5.41) is 13.5. The van der Waals surface area contributed by atoms with Crippen molar-refractivity contribution in [1.82, 2.24) is 10.2 Å². The summed E-state index contributed by atoms with van der Waals surface area (Å²) in [4.78, 5) is 26.7. The Hall–Kier alpha value is -3.00. The summed E-state index contributed by atoms with van der Waals surface area (Å²) in [6.45, 7) is 4.40. The van der Waals surface area contributed by atoms with Gasteiger partial charge in [-0.2, -0.15) is 0 Å². The van der Waals surface area contributed by atoms with Crippen LogP contribution in [0.25, 0.3) is 0 Å². The maximum Gasteiger partial charge on any atom is 0.269 e. The third-order valence-corrected chi connectivity index (χ3v) is 4.63. The van der Waals surface area contributed by atoms with Gasteiger partial charge in [0.2, 0.25) is 0 Å². The molecular weight excluding hydrogens is 351 g/mol. The Morgan fingerprint density at radius 2 is 1.74 bits per heavy atom. The molecule has 142 valence electrons. The van der Waals surface area contributed by atoms with Crippen LogP contribution in [0.5, 0.6) is 0 Å². The number of amides is 1. The van der Waals surface area contributed by atoms with Crippen molar-refractivity contribution in [2.24, 2.45) is 0 Å². The van der Waals surface area contributed by atoms with Crippen LogP contribution in [0.1, 0.15) is 10.4 Å². The lowest BCUT2D eigenvalue weighted by molar-refractivity contribution is -0.384. The van der Waals surface area contributed by atoms with Crippen molar-refractivity contribution in [3.8, 4) is 0 Å². The molecule has 0 spiro atoms. The molecule has 8 heteroatoms. The minimum Gasteiger partial charge on any atom is -0.369 e. The summed E-state index contributed by atoms with van der Waals surface area (Å²) in [5.74, 6) is -0.927. The second-order valence-corrected chi connectivity index (χ2v) is 6.34. The number of halogens is 1. The molecule has 0 aromatic heterocycles. The molecule has 1 amide bonds. The van der Waals surface area contributed by atoms with E-state index in [1.54, 1.807) is 24.3 Å². The standard InChI is InChI=1S/C19H21FN4O3/c20-18-4-2-1-3-17(18)19(25)21-9-10-22-11-13-23(14-12-22)15-5-7-16(8-6-15)24(26)27/h1-8H,9-14H2,(H,21,25). The molecule has 1 aliphatic heterocycles. The van der Waals surface area contributed by atoms with Crippen LogP contribution in [-0.4, -0.2) is 55.0 Å². The molecule has 0 aliphatic carbocycles. The van der Waals surface area contributed by atoms with Gasteiger partial charge >= 0.3 is 0 Å². The molecule has 3 rings (SSSR count). The van der Waals surface area contributed by atoms with E-state index in [2.05, 4.69) is 15.1 Å². The van der Waals surface area contributed by atoms with Crippen molar-refractivity contribution in [2.75, 3.05) is 44.2 Å². The van der Waals surface area contributed by atoms with Crippen molar-refractivity contribution >= 4 is 17.3 Å². The van der Waals surface area contributed by atoms with Gasteiger partial charge in [-0.15, -0.1) is 0 Å². The molecular formula is C19H21FN4O3. The lowest BCUT2D eigenvalue weighted by Crippen LogP contribution is -2.48. The van der Waals surface area contributed by atoms with Crippen molar-refractivity contribution in [3.63, 3.8) is 0 Å². The van der Waals surface area contributed by atoms with Gasteiger partial charge in [-0.1, -0.05) is 12.1 Å². The minimum atomic E-state index is -0.522. The van der Waals surface area contributed by atoms with Gasteiger partial charge < -0.3 is 10.2 Å². The van der Waals surface area contributed by atoms with Gasteiger partial charge in [-0.05, 0) is 24.3 Å². The number of nitro groups is 1.